The van der Waals surface area contributed by atoms with E-state index in [4.69, 9.17) is 0 Å². The summed E-state index contributed by atoms with van der Waals surface area (Å²) in [5.41, 5.74) is -0.294. The molecular weight excluding hydrogens is 278 g/mol. The van der Waals surface area contributed by atoms with Crippen LogP contribution < -0.4 is 5.32 Å². The molecule has 0 saturated carbocycles. The van der Waals surface area contributed by atoms with Crippen molar-refractivity contribution in [2.75, 3.05) is 19.6 Å². The van der Waals surface area contributed by atoms with Gasteiger partial charge < -0.3 is 5.32 Å². The Hall–Kier alpha value is -1.82. The van der Waals surface area contributed by atoms with Crippen molar-refractivity contribution in [3.05, 3.63) is 35.4 Å². The molecule has 6 heteroatoms. The molecule has 116 valence electrons. The summed E-state index contributed by atoms with van der Waals surface area (Å²) in [5.74, 6) is -2.19. The predicted octanol–water partition coefficient (Wildman–Crippen LogP) is 1.99. The van der Waals surface area contributed by atoms with Crippen LogP contribution in [0.1, 0.15) is 31.1 Å². The molecule has 1 rings (SSSR count). The number of Topliss-reactive ketones (excluding diaryl/α,β-unsaturated/α-hetero) is 1. The number of carbonyl (C=O) groups is 2. The second kappa shape index (κ2) is 7.83. The molecule has 0 unspecified atom stereocenters. The fourth-order valence-corrected chi connectivity index (χ4v) is 1.85. The first-order chi connectivity index (χ1) is 9.83. The van der Waals surface area contributed by atoms with Gasteiger partial charge in [0.05, 0.1) is 18.7 Å². The Labute approximate surface area is 123 Å². The highest BCUT2D eigenvalue weighted by atomic mass is 19.1. The minimum absolute atomic E-state index is 0.00701. The second-order valence-corrected chi connectivity index (χ2v) is 5.07. The molecule has 0 aromatic heterocycles. The Balaban J connectivity index is 2.70. The minimum Gasteiger partial charge on any atom is -0.353 e. The topological polar surface area (TPSA) is 49.4 Å². The molecule has 4 nitrogen and oxygen atoms in total. The van der Waals surface area contributed by atoms with Crippen molar-refractivity contribution in [3.8, 4) is 0 Å². The second-order valence-electron chi connectivity index (χ2n) is 5.07. The third kappa shape index (κ3) is 5.59. The van der Waals surface area contributed by atoms with Crippen LogP contribution >= 0.6 is 0 Å². The predicted molar refractivity (Wildman–Crippen MR) is 76.1 cm³/mol. The van der Waals surface area contributed by atoms with E-state index in [1.54, 1.807) is 11.8 Å². The van der Waals surface area contributed by atoms with Gasteiger partial charge in [0.25, 0.3) is 0 Å². The number of benzene rings is 1. The third-order valence-corrected chi connectivity index (χ3v) is 2.86. The lowest BCUT2D eigenvalue weighted by Crippen LogP contribution is -2.42. The zero-order chi connectivity index (χ0) is 16.0. The maximum Gasteiger partial charge on any atom is 0.234 e. The number of hydrogen-bond donors (Lipinski definition) is 1. The van der Waals surface area contributed by atoms with Crippen molar-refractivity contribution in [2.24, 2.45) is 0 Å². The highest BCUT2D eigenvalue weighted by molar-refractivity contribution is 5.98. The first kappa shape index (κ1) is 17.2. The zero-order valence-electron chi connectivity index (χ0n) is 12.5. The van der Waals surface area contributed by atoms with E-state index < -0.39 is 17.4 Å². The fourth-order valence-electron chi connectivity index (χ4n) is 1.85. The summed E-state index contributed by atoms with van der Waals surface area (Å²) in [6.07, 6.45) is 0. The average molecular weight is 298 g/mol. The van der Waals surface area contributed by atoms with Gasteiger partial charge in [0.15, 0.2) is 5.78 Å². The molecule has 1 aromatic rings. The van der Waals surface area contributed by atoms with Gasteiger partial charge in [-0.15, -0.1) is 0 Å². The van der Waals surface area contributed by atoms with Crippen molar-refractivity contribution in [1.29, 1.82) is 0 Å². The van der Waals surface area contributed by atoms with E-state index in [0.717, 1.165) is 18.2 Å². The smallest absolute Gasteiger partial charge is 0.234 e. The summed E-state index contributed by atoms with van der Waals surface area (Å²) in [4.78, 5) is 25.2. The number of amides is 1. The van der Waals surface area contributed by atoms with Gasteiger partial charge in [0.2, 0.25) is 5.91 Å². The van der Waals surface area contributed by atoms with Crippen LogP contribution in [0.15, 0.2) is 18.2 Å². The normalized spacial score (nSPS) is 11.0. The standard InChI is InChI=1S/C15H20F2N2O2/c1-4-19(9-15(21)18-10(2)3)8-14(20)12-7-11(16)5-6-13(12)17/h5-7,10H,4,8-9H2,1-3H3,(H,18,21). The molecule has 0 fully saturated rings. The fraction of sp³-hybridized carbons (Fsp3) is 0.467. The summed E-state index contributed by atoms with van der Waals surface area (Å²) in [6.45, 7) is 5.81. The molecule has 0 aliphatic carbocycles. The molecule has 1 N–H and O–H groups in total. The Morgan fingerprint density at radius 3 is 2.48 bits per heavy atom. The number of hydrogen-bond acceptors (Lipinski definition) is 3. The maximum atomic E-state index is 13.5. The van der Waals surface area contributed by atoms with Crippen LogP contribution in [0.4, 0.5) is 8.78 Å². The van der Waals surface area contributed by atoms with E-state index in [9.17, 15) is 18.4 Å². The molecule has 1 aromatic carbocycles. The van der Waals surface area contributed by atoms with Gasteiger partial charge in [0.1, 0.15) is 11.6 Å². The van der Waals surface area contributed by atoms with Crippen molar-refractivity contribution in [2.45, 2.75) is 26.8 Å². The Morgan fingerprint density at radius 1 is 1.24 bits per heavy atom. The summed E-state index contributed by atoms with van der Waals surface area (Å²) in [7, 11) is 0. The number of rotatable bonds is 7. The minimum atomic E-state index is -0.760. The molecule has 0 heterocycles. The van der Waals surface area contributed by atoms with Crippen molar-refractivity contribution >= 4 is 11.7 Å². The Morgan fingerprint density at radius 2 is 1.90 bits per heavy atom. The van der Waals surface area contributed by atoms with Gasteiger partial charge >= 0.3 is 0 Å². The third-order valence-electron chi connectivity index (χ3n) is 2.86. The van der Waals surface area contributed by atoms with Gasteiger partial charge in [-0.1, -0.05) is 6.92 Å². The van der Waals surface area contributed by atoms with E-state index in [1.807, 2.05) is 13.8 Å². The summed E-state index contributed by atoms with van der Waals surface area (Å²) in [5, 5.41) is 2.72. The Kier molecular flexibility index (Phi) is 6.42. The van der Waals surface area contributed by atoms with Crippen LogP contribution in [0.25, 0.3) is 0 Å². The van der Waals surface area contributed by atoms with Gasteiger partial charge in [-0.05, 0) is 38.6 Å². The summed E-state index contributed by atoms with van der Waals surface area (Å²) in [6, 6.07) is 2.76. The number of nitrogens with zero attached hydrogens (tertiary/aromatic N) is 1. The quantitative estimate of drug-likeness (QED) is 0.783. The van der Waals surface area contributed by atoms with Gasteiger partial charge in [0, 0.05) is 6.04 Å². The van der Waals surface area contributed by atoms with Crippen LogP contribution in [0, 0.1) is 11.6 Å². The number of likely N-dealkylation sites (N-methyl/N-ethyl adjacent to an activating group) is 1. The first-order valence-corrected chi connectivity index (χ1v) is 6.83. The lowest BCUT2D eigenvalue weighted by Gasteiger charge is -2.20. The zero-order valence-corrected chi connectivity index (χ0v) is 12.5. The molecule has 0 saturated heterocycles. The molecule has 0 atom stereocenters. The number of nitrogens with one attached hydrogen (secondary N) is 1. The van der Waals surface area contributed by atoms with Gasteiger partial charge in [-0.2, -0.15) is 0 Å². The van der Waals surface area contributed by atoms with Crippen LogP contribution in [0.2, 0.25) is 0 Å². The molecule has 0 radical (unpaired) electrons. The molecule has 21 heavy (non-hydrogen) atoms. The number of halogens is 2. The highest BCUT2D eigenvalue weighted by Gasteiger charge is 2.18. The van der Waals surface area contributed by atoms with E-state index in [0.29, 0.717) is 6.54 Å². The van der Waals surface area contributed by atoms with Crippen molar-refractivity contribution in [3.63, 3.8) is 0 Å². The SMILES string of the molecule is CCN(CC(=O)NC(C)C)CC(=O)c1cc(F)ccc1F. The lowest BCUT2D eigenvalue weighted by molar-refractivity contribution is -0.122. The van der Waals surface area contributed by atoms with Crippen LogP contribution in [-0.2, 0) is 4.79 Å². The monoisotopic (exact) mass is 298 g/mol. The van der Waals surface area contributed by atoms with Crippen LogP contribution in [0.5, 0.6) is 0 Å². The van der Waals surface area contributed by atoms with Gasteiger partial charge in [-0.3, -0.25) is 14.5 Å². The largest absolute Gasteiger partial charge is 0.353 e. The van der Waals surface area contributed by atoms with Gasteiger partial charge in [-0.25, -0.2) is 8.78 Å². The maximum absolute atomic E-state index is 13.5. The molecule has 1 amide bonds. The summed E-state index contributed by atoms with van der Waals surface area (Å²) >= 11 is 0. The van der Waals surface area contributed by atoms with Crippen molar-refractivity contribution < 1.29 is 18.4 Å². The first-order valence-electron chi connectivity index (χ1n) is 6.83. The Bertz CT molecular complexity index is 518. The molecule has 0 bridgehead atoms. The van der Waals surface area contributed by atoms with E-state index in [1.165, 1.54) is 0 Å². The van der Waals surface area contributed by atoms with E-state index in [2.05, 4.69) is 5.32 Å². The molecular formula is C15H20F2N2O2. The number of ketones is 1. The van der Waals surface area contributed by atoms with E-state index in [-0.39, 0.29) is 30.6 Å². The van der Waals surface area contributed by atoms with Crippen LogP contribution in [-0.4, -0.2) is 42.3 Å². The average Bonchev–Trinajstić information content (AvgIpc) is 2.39. The lowest BCUT2D eigenvalue weighted by atomic mass is 10.1. The summed E-state index contributed by atoms with van der Waals surface area (Å²) < 4.78 is 26.6. The molecule has 0 spiro atoms. The van der Waals surface area contributed by atoms with E-state index >= 15 is 0 Å². The number of carbonyl (C=O) groups excluding carboxylic acids is 2. The molecule has 0 aliphatic rings. The van der Waals surface area contributed by atoms with Crippen molar-refractivity contribution in [1.82, 2.24) is 10.2 Å². The molecule has 0 aliphatic heterocycles. The van der Waals surface area contributed by atoms with Crippen LogP contribution in [0.3, 0.4) is 0 Å². The highest BCUT2D eigenvalue weighted by Crippen LogP contribution is 2.11.